The quantitative estimate of drug-likeness (QED) is 0.649. The van der Waals surface area contributed by atoms with Crippen LogP contribution in [0.4, 0.5) is 10.2 Å². The third-order valence-corrected chi connectivity index (χ3v) is 2.72. The van der Waals surface area contributed by atoms with Crippen LogP contribution in [-0.4, -0.2) is 16.6 Å². The van der Waals surface area contributed by atoms with Crippen molar-refractivity contribution in [3.63, 3.8) is 0 Å². The molecule has 0 saturated carbocycles. The summed E-state index contributed by atoms with van der Waals surface area (Å²) in [5.74, 6) is 5.82. The molecule has 3 N–H and O–H groups in total. The maximum Gasteiger partial charge on any atom is 0.187 e. The van der Waals surface area contributed by atoms with E-state index in [1.165, 1.54) is 0 Å². The largest absolute Gasteiger partial charge is 0.494 e. The molecule has 0 atom stereocenters. The number of nitrogens with two attached hydrogens (primary N) is 1. The number of nitrogens with one attached hydrogen (secondary N) is 1. The number of nitrogens with zero attached hydrogens (tertiary/aromatic N) is 2. The van der Waals surface area contributed by atoms with Gasteiger partial charge in [-0.3, -0.25) is 0 Å². The van der Waals surface area contributed by atoms with E-state index >= 15 is 0 Å². The van der Waals surface area contributed by atoms with E-state index in [1.807, 2.05) is 31.2 Å². The second-order valence-electron chi connectivity index (χ2n) is 4.32. The SMILES string of the molecule is CCCOc1cccc(-c2nc(C)c(F)c(NN)n2)c1. The molecule has 0 amide bonds. The minimum atomic E-state index is -0.547. The number of anilines is 1. The standard InChI is InChI=1S/C14H17FN4O/c1-3-7-20-11-6-4-5-10(8-11)13-17-9(2)12(15)14(18-13)19-16/h4-6,8H,3,7,16H2,1-2H3,(H,17,18,19). The molecule has 5 nitrogen and oxygen atoms in total. The smallest absolute Gasteiger partial charge is 0.187 e. The molecule has 1 aromatic carbocycles. The van der Waals surface area contributed by atoms with Crippen LogP contribution >= 0.6 is 0 Å². The van der Waals surface area contributed by atoms with E-state index < -0.39 is 5.82 Å². The normalized spacial score (nSPS) is 10.4. The van der Waals surface area contributed by atoms with Gasteiger partial charge in [-0.15, -0.1) is 0 Å². The first-order valence-corrected chi connectivity index (χ1v) is 6.39. The van der Waals surface area contributed by atoms with Gasteiger partial charge in [-0.2, -0.15) is 0 Å². The average molecular weight is 276 g/mol. The van der Waals surface area contributed by atoms with E-state index in [9.17, 15) is 4.39 Å². The van der Waals surface area contributed by atoms with Crippen LogP contribution in [0.25, 0.3) is 11.4 Å². The van der Waals surface area contributed by atoms with Gasteiger partial charge < -0.3 is 10.2 Å². The molecule has 0 aliphatic rings. The Kier molecular flexibility index (Phi) is 4.47. The van der Waals surface area contributed by atoms with Gasteiger partial charge in [0.05, 0.1) is 12.3 Å². The van der Waals surface area contributed by atoms with Crippen molar-refractivity contribution in [3.05, 3.63) is 35.8 Å². The van der Waals surface area contributed by atoms with Gasteiger partial charge in [0.1, 0.15) is 5.75 Å². The summed E-state index contributed by atoms with van der Waals surface area (Å²) in [7, 11) is 0. The van der Waals surface area contributed by atoms with Crippen LogP contribution in [0.15, 0.2) is 24.3 Å². The Morgan fingerprint density at radius 1 is 1.35 bits per heavy atom. The molecule has 1 aromatic heterocycles. The number of hydrogen-bond donors (Lipinski definition) is 2. The molecule has 0 bridgehead atoms. The lowest BCUT2D eigenvalue weighted by atomic mass is 10.2. The van der Waals surface area contributed by atoms with Crippen LogP contribution in [0, 0.1) is 12.7 Å². The van der Waals surface area contributed by atoms with Crippen molar-refractivity contribution in [2.75, 3.05) is 12.0 Å². The molecule has 0 aliphatic heterocycles. The third kappa shape index (κ3) is 3.03. The van der Waals surface area contributed by atoms with Crippen molar-refractivity contribution < 1.29 is 9.13 Å². The van der Waals surface area contributed by atoms with Crippen molar-refractivity contribution in [2.24, 2.45) is 5.84 Å². The van der Waals surface area contributed by atoms with Gasteiger partial charge in [-0.1, -0.05) is 19.1 Å². The second kappa shape index (κ2) is 6.29. The number of hydrogen-bond acceptors (Lipinski definition) is 5. The number of rotatable bonds is 5. The van der Waals surface area contributed by atoms with Gasteiger partial charge in [-0.25, -0.2) is 20.2 Å². The zero-order valence-corrected chi connectivity index (χ0v) is 11.5. The van der Waals surface area contributed by atoms with Gasteiger partial charge >= 0.3 is 0 Å². The first kappa shape index (κ1) is 14.2. The lowest BCUT2D eigenvalue weighted by Gasteiger charge is -2.09. The van der Waals surface area contributed by atoms with E-state index in [0.29, 0.717) is 12.4 Å². The van der Waals surface area contributed by atoms with Gasteiger partial charge in [0.25, 0.3) is 0 Å². The van der Waals surface area contributed by atoms with Crippen molar-refractivity contribution in [1.29, 1.82) is 0 Å². The number of benzene rings is 1. The Hall–Kier alpha value is -2.21. The third-order valence-electron chi connectivity index (χ3n) is 2.72. The number of ether oxygens (including phenoxy) is 1. The van der Waals surface area contributed by atoms with Crippen molar-refractivity contribution in [1.82, 2.24) is 9.97 Å². The maximum absolute atomic E-state index is 13.7. The molecule has 0 spiro atoms. The monoisotopic (exact) mass is 276 g/mol. The van der Waals surface area contributed by atoms with E-state index in [2.05, 4.69) is 15.4 Å². The van der Waals surface area contributed by atoms with Gasteiger partial charge in [0, 0.05) is 5.56 Å². The van der Waals surface area contributed by atoms with Crippen LogP contribution in [0.5, 0.6) is 5.75 Å². The van der Waals surface area contributed by atoms with Crippen LogP contribution in [0.1, 0.15) is 19.0 Å². The predicted octanol–water partition coefficient (Wildman–Crippen LogP) is 2.67. The molecule has 2 rings (SSSR count). The molecule has 0 fully saturated rings. The predicted molar refractivity (Wildman–Crippen MR) is 75.8 cm³/mol. The lowest BCUT2D eigenvalue weighted by Crippen LogP contribution is -2.13. The first-order valence-electron chi connectivity index (χ1n) is 6.39. The number of aryl methyl sites for hydroxylation is 1. The molecule has 20 heavy (non-hydrogen) atoms. The zero-order chi connectivity index (χ0) is 14.5. The van der Waals surface area contributed by atoms with Gasteiger partial charge in [0.15, 0.2) is 17.5 Å². The van der Waals surface area contributed by atoms with E-state index in [0.717, 1.165) is 17.7 Å². The van der Waals surface area contributed by atoms with E-state index in [-0.39, 0.29) is 11.5 Å². The minimum Gasteiger partial charge on any atom is -0.494 e. The summed E-state index contributed by atoms with van der Waals surface area (Å²) >= 11 is 0. The summed E-state index contributed by atoms with van der Waals surface area (Å²) in [6.45, 7) is 4.25. The summed E-state index contributed by atoms with van der Waals surface area (Å²) in [5.41, 5.74) is 3.22. The Balaban J connectivity index is 2.38. The summed E-state index contributed by atoms with van der Waals surface area (Å²) in [6, 6.07) is 7.37. The van der Waals surface area contributed by atoms with Crippen molar-refractivity contribution in [3.8, 4) is 17.1 Å². The number of halogens is 1. The average Bonchev–Trinajstić information content (AvgIpc) is 2.48. The Morgan fingerprint density at radius 3 is 2.85 bits per heavy atom. The molecule has 0 aliphatic carbocycles. The fourth-order valence-electron chi connectivity index (χ4n) is 1.73. The summed E-state index contributed by atoms with van der Waals surface area (Å²) in [4.78, 5) is 8.20. The maximum atomic E-state index is 13.7. The number of hydrazine groups is 1. The van der Waals surface area contributed by atoms with Crippen molar-refractivity contribution >= 4 is 5.82 Å². The highest BCUT2D eigenvalue weighted by molar-refractivity contribution is 5.59. The zero-order valence-electron chi connectivity index (χ0n) is 11.5. The molecule has 1 heterocycles. The molecule has 0 unspecified atom stereocenters. The van der Waals surface area contributed by atoms with Crippen molar-refractivity contribution in [2.45, 2.75) is 20.3 Å². The Bertz CT molecular complexity index is 604. The molecular formula is C14H17FN4O. The fraction of sp³-hybridized carbons (Fsp3) is 0.286. The van der Waals surface area contributed by atoms with E-state index in [1.54, 1.807) is 6.92 Å². The Morgan fingerprint density at radius 2 is 2.15 bits per heavy atom. The summed E-state index contributed by atoms with van der Waals surface area (Å²) < 4.78 is 19.2. The summed E-state index contributed by atoms with van der Waals surface area (Å²) in [5, 5.41) is 0. The fourth-order valence-corrected chi connectivity index (χ4v) is 1.73. The highest BCUT2D eigenvalue weighted by Crippen LogP contribution is 2.24. The van der Waals surface area contributed by atoms with Crippen LogP contribution < -0.4 is 16.0 Å². The van der Waals surface area contributed by atoms with Gasteiger partial charge in [-0.05, 0) is 25.5 Å². The topological polar surface area (TPSA) is 73.1 Å². The molecular weight excluding hydrogens is 259 g/mol. The van der Waals surface area contributed by atoms with Crippen LogP contribution in [-0.2, 0) is 0 Å². The lowest BCUT2D eigenvalue weighted by molar-refractivity contribution is 0.317. The molecule has 0 radical (unpaired) electrons. The minimum absolute atomic E-state index is 0.0209. The highest BCUT2D eigenvalue weighted by Gasteiger charge is 2.12. The molecule has 2 aromatic rings. The van der Waals surface area contributed by atoms with E-state index in [4.69, 9.17) is 10.6 Å². The molecule has 0 saturated heterocycles. The Labute approximate surface area is 117 Å². The highest BCUT2D eigenvalue weighted by atomic mass is 19.1. The second-order valence-corrected chi connectivity index (χ2v) is 4.32. The summed E-state index contributed by atoms with van der Waals surface area (Å²) in [6.07, 6.45) is 0.928. The van der Waals surface area contributed by atoms with Crippen LogP contribution in [0.2, 0.25) is 0 Å². The first-order chi connectivity index (χ1) is 9.65. The number of nitrogen functional groups attached to an aromatic ring is 1. The molecule has 6 heteroatoms. The van der Waals surface area contributed by atoms with Crippen LogP contribution in [0.3, 0.4) is 0 Å². The molecule has 106 valence electrons. The van der Waals surface area contributed by atoms with Gasteiger partial charge in [0.2, 0.25) is 0 Å². The number of aromatic nitrogens is 2.